The number of aromatic nitrogens is 3. The van der Waals surface area contributed by atoms with Crippen LogP contribution in [0.25, 0.3) is 5.69 Å². The van der Waals surface area contributed by atoms with Crippen molar-refractivity contribution in [2.45, 2.75) is 19.3 Å². The van der Waals surface area contributed by atoms with Crippen LogP contribution in [0.4, 0.5) is 0 Å². The maximum Gasteiger partial charge on any atom is 0.251 e. The lowest BCUT2D eigenvalue weighted by Gasteiger charge is -2.16. The van der Waals surface area contributed by atoms with Gasteiger partial charge in [-0.1, -0.05) is 37.3 Å². The molecule has 0 aliphatic rings. The molecule has 0 radical (unpaired) electrons. The molecule has 1 unspecified atom stereocenters. The number of hydrogen-bond acceptors (Lipinski definition) is 3. The van der Waals surface area contributed by atoms with Gasteiger partial charge in [-0.25, -0.2) is 9.67 Å². The molecule has 0 fully saturated rings. The molecule has 0 aliphatic carbocycles. The predicted octanol–water partition coefficient (Wildman–Crippen LogP) is 3.19. The second kappa shape index (κ2) is 7.55. The Hall–Kier alpha value is -2.95. The second-order valence-electron chi connectivity index (χ2n) is 5.61. The van der Waals surface area contributed by atoms with Crippen molar-refractivity contribution < 1.29 is 4.79 Å². The van der Waals surface area contributed by atoms with E-state index >= 15 is 0 Å². The molecular weight excluding hydrogens is 300 g/mol. The topological polar surface area (TPSA) is 59.8 Å². The highest BCUT2D eigenvalue weighted by atomic mass is 16.1. The molecule has 0 bridgehead atoms. The zero-order valence-corrected chi connectivity index (χ0v) is 13.6. The lowest BCUT2D eigenvalue weighted by Crippen LogP contribution is -2.28. The molecular formula is C19H20N4O. The Kier molecular flexibility index (Phi) is 5.01. The highest BCUT2D eigenvalue weighted by molar-refractivity contribution is 5.94. The molecule has 3 aromatic rings. The van der Waals surface area contributed by atoms with Gasteiger partial charge >= 0.3 is 0 Å². The van der Waals surface area contributed by atoms with Gasteiger partial charge in [0.25, 0.3) is 5.91 Å². The molecule has 1 aromatic heterocycles. The SMILES string of the molecule is CCC(CNC(=O)c1ccc(-n2cncn2)cc1)c1ccccc1. The molecule has 3 rings (SSSR count). The Bertz CT molecular complexity index is 767. The van der Waals surface area contributed by atoms with Crippen LogP contribution in [0.5, 0.6) is 0 Å². The van der Waals surface area contributed by atoms with Crippen molar-refractivity contribution in [3.05, 3.63) is 78.4 Å². The molecule has 0 spiro atoms. The van der Waals surface area contributed by atoms with Crippen molar-refractivity contribution in [1.82, 2.24) is 20.1 Å². The van der Waals surface area contributed by atoms with E-state index in [-0.39, 0.29) is 5.91 Å². The molecule has 5 nitrogen and oxygen atoms in total. The van der Waals surface area contributed by atoms with Crippen LogP contribution in [-0.2, 0) is 0 Å². The number of amides is 1. The fraction of sp³-hybridized carbons (Fsp3) is 0.211. The summed E-state index contributed by atoms with van der Waals surface area (Å²) in [6, 6.07) is 17.6. The summed E-state index contributed by atoms with van der Waals surface area (Å²) in [6.45, 7) is 2.76. The quantitative estimate of drug-likeness (QED) is 0.759. The van der Waals surface area contributed by atoms with Gasteiger partial charge in [-0.2, -0.15) is 5.10 Å². The molecule has 24 heavy (non-hydrogen) atoms. The molecule has 5 heteroatoms. The monoisotopic (exact) mass is 320 g/mol. The molecule has 1 amide bonds. The van der Waals surface area contributed by atoms with Crippen LogP contribution in [0.1, 0.15) is 35.2 Å². The van der Waals surface area contributed by atoms with Crippen molar-refractivity contribution in [1.29, 1.82) is 0 Å². The van der Waals surface area contributed by atoms with Crippen LogP contribution in [0.3, 0.4) is 0 Å². The number of carbonyl (C=O) groups excluding carboxylic acids is 1. The molecule has 0 aliphatic heterocycles. The lowest BCUT2D eigenvalue weighted by molar-refractivity contribution is 0.0951. The van der Waals surface area contributed by atoms with Crippen LogP contribution in [0, 0.1) is 0 Å². The molecule has 1 N–H and O–H groups in total. The number of nitrogens with zero attached hydrogens (tertiary/aromatic N) is 3. The fourth-order valence-electron chi connectivity index (χ4n) is 2.65. The van der Waals surface area contributed by atoms with E-state index in [1.54, 1.807) is 23.1 Å². The van der Waals surface area contributed by atoms with E-state index in [0.29, 0.717) is 18.0 Å². The number of carbonyl (C=O) groups is 1. The van der Waals surface area contributed by atoms with Crippen molar-refractivity contribution in [2.75, 3.05) is 6.54 Å². The summed E-state index contributed by atoms with van der Waals surface area (Å²) in [5.41, 5.74) is 2.77. The third kappa shape index (κ3) is 3.68. The molecule has 1 atom stereocenters. The largest absolute Gasteiger partial charge is 0.351 e. The van der Waals surface area contributed by atoms with Gasteiger partial charge in [0.1, 0.15) is 12.7 Å². The van der Waals surface area contributed by atoms with Crippen LogP contribution >= 0.6 is 0 Å². The summed E-state index contributed by atoms with van der Waals surface area (Å²) in [7, 11) is 0. The van der Waals surface area contributed by atoms with Gasteiger partial charge in [0, 0.05) is 18.0 Å². The van der Waals surface area contributed by atoms with Gasteiger partial charge in [0.05, 0.1) is 5.69 Å². The number of hydrogen-bond donors (Lipinski definition) is 1. The summed E-state index contributed by atoms with van der Waals surface area (Å²) in [6.07, 6.45) is 4.09. The van der Waals surface area contributed by atoms with Gasteiger partial charge < -0.3 is 5.32 Å². The van der Waals surface area contributed by atoms with E-state index in [9.17, 15) is 4.79 Å². The minimum atomic E-state index is -0.0606. The summed E-state index contributed by atoms with van der Waals surface area (Å²) in [5, 5.41) is 7.10. The Labute approximate surface area is 141 Å². The summed E-state index contributed by atoms with van der Waals surface area (Å²) >= 11 is 0. The smallest absolute Gasteiger partial charge is 0.251 e. The first-order valence-electron chi connectivity index (χ1n) is 8.06. The predicted molar refractivity (Wildman–Crippen MR) is 93.2 cm³/mol. The second-order valence-corrected chi connectivity index (χ2v) is 5.61. The minimum absolute atomic E-state index is 0.0606. The maximum atomic E-state index is 12.3. The molecule has 2 aromatic carbocycles. The molecule has 122 valence electrons. The van der Waals surface area contributed by atoms with E-state index in [2.05, 4.69) is 34.5 Å². The number of rotatable bonds is 6. The van der Waals surface area contributed by atoms with Crippen LogP contribution < -0.4 is 5.32 Å². The van der Waals surface area contributed by atoms with E-state index in [1.165, 1.54) is 11.9 Å². The van der Waals surface area contributed by atoms with Crippen LogP contribution in [0.15, 0.2) is 67.3 Å². The summed E-state index contributed by atoms with van der Waals surface area (Å²) < 4.78 is 1.66. The molecule has 1 heterocycles. The zero-order chi connectivity index (χ0) is 16.8. The normalized spacial score (nSPS) is 11.9. The minimum Gasteiger partial charge on any atom is -0.351 e. The van der Waals surface area contributed by atoms with Gasteiger partial charge in [0.15, 0.2) is 0 Å². The van der Waals surface area contributed by atoms with Gasteiger partial charge in [-0.05, 0) is 36.2 Å². The van der Waals surface area contributed by atoms with Crippen LogP contribution in [-0.4, -0.2) is 27.2 Å². The maximum absolute atomic E-state index is 12.3. The third-order valence-corrected chi connectivity index (χ3v) is 4.09. The Balaban J connectivity index is 1.62. The number of benzene rings is 2. The molecule has 0 saturated carbocycles. The van der Waals surface area contributed by atoms with E-state index in [0.717, 1.165) is 12.1 Å². The zero-order valence-electron chi connectivity index (χ0n) is 13.6. The average molecular weight is 320 g/mol. The Morgan fingerprint density at radius 2 is 1.88 bits per heavy atom. The number of nitrogens with one attached hydrogen (secondary N) is 1. The Morgan fingerprint density at radius 1 is 1.12 bits per heavy atom. The van der Waals surface area contributed by atoms with E-state index in [4.69, 9.17) is 0 Å². The average Bonchev–Trinajstić information content (AvgIpc) is 3.18. The first-order valence-corrected chi connectivity index (χ1v) is 8.06. The van der Waals surface area contributed by atoms with Crippen molar-refractivity contribution in [2.24, 2.45) is 0 Å². The lowest BCUT2D eigenvalue weighted by atomic mass is 9.96. The third-order valence-electron chi connectivity index (χ3n) is 4.09. The summed E-state index contributed by atoms with van der Waals surface area (Å²) in [4.78, 5) is 16.3. The van der Waals surface area contributed by atoms with Crippen molar-refractivity contribution >= 4 is 5.91 Å². The highest BCUT2D eigenvalue weighted by Crippen LogP contribution is 2.18. The first-order chi connectivity index (χ1) is 11.8. The van der Waals surface area contributed by atoms with Gasteiger partial charge in [0.2, 0.25) is 0 Å². The van der Waals surface area contributed by atoms with Crippen molar-refractivity contribution in [3.8, 4) is 5.69 Å². The van der Waals surface area contributed by atoms with E-state index < -0.39 is 0 Å². The fourth-order valence-corrected chi connectivity index (χ4v) is 2.65. The first kappa shape index (κ1) is 15.9. The van der Waals surface area contributed by atoms with Gasteiger partial charge in [-0.3, -0.25) is 4.79 Å². The Morgan fingerprint density at radius 3 is 2.50 bits per heavy atom. The standard InChI is InChI=1S/C19H20N4O/c1-2-15(16-6-4-3-5-7-16)12-21-19(24)17-8-10-18(11-9-17)23-14-20-13-22-23/h3-11,13-15H,2,12H2,1H3,(H,21,24). The van der Waals surface area contributed by atoms with Gasteiger partial charge in [-0.15, -0.1) is 0 Å². The summed E-state index contributed by atoms with van der Waals surface area (Å²) in [5.74, 6) is 0.263. The van der Waals surface area contributed by atoms with Crippen molar-refractivity contribution in [3.63, 3.8) is 0 Å². The van der Waals surface area contributed by atoms with Crippen LogP contribution in [0.2, 0.25) is 0 Å². The van der Waals surface area contributed by atoms with E-state index in [1.807, 2.05) is 30.3 Å². The highest BCUT2D eigenvalue weighted by Gasteiger charge is 2.12. The molecule has 0 saturated heterocycles.